The van der Waals surface area contributed by atoms with E-state index in [4.69, 9.17) is 11.6 Å². The van der Waals surface area contributed by atoms with Gasteiger partial charge in [-0.2, -0.15) is 18.4 Å². The maximum Gasteiger partial charge on any atom is 0.416 e. The van der Waals surface area contributed by atoms with Gasteiger partial charge in [-0.3, -0.25) is 4.79 Å². The minimum absolute atomic E-state index is 0.00714. The summed E-state index contributed by atoms with van der Waals surface area (Å²) in [4.78, 5) is 19.4. The van der Waals surface area contributed by atoms with Gasteiger partial charge in [0, 0.05) is 25.4 Å². The quantitative estimate of drug-likeness (QED) is 0.493. The second-order valence-corrected chi connectivity index (χ2v) is 7.61. The SMILES string of the molecule is Cc1cc(C(F)(F)F)cc(N2CC(C#N)CC2C(=O)N(C)c2cc(Cl)c(F)cc2F)n1. The molecule has 0 radical (unpaired) electrons. The fourth-order valence-corrected chi connectivity index (χ4v) is 3.65. The predicted octanol–water partition coefficient (Wildman–Crippen LogP) is 4.72. The van der Waals surface area contributed by atoms with Crippen LogP contribution in [0.2, 0.25) is 5.02 Å². The molecule has 0 saturated carbocycles. The van der Waals surface area contributed by atoms with Crippen LogP contribution in [0.1, 0.15) is 17.7 Å². The van der Waals surface area contributed by atoms with Crippen molar-refractivity contribution in [3.8, 4) is 6.07 Å². The molecule has 1 fully saturated rings. The molecular weight excluding hydrogens is 443 g/mol. The number of amides is 1. The number of nitriles is 1. The Bertz CT molecular complexity index is 1070. The molecule has 1 aliphatic heterocycles. The number of nitrogens with zero attached hydrogens (tertiary/aromatic N) is 4. The standard InChI is InChI=1S/C20H16ClF5N4O/c1-10-3-12(20(24,25)26)5-18(28-10)30-9-11(8-27)4-17(30)19(31)29(2)16-6-13(21)14(22)7-15(16)23/h3,5-7,11,17H,4,9H2,1-2H3. The van der Waals surface area contributed by atoms with Crippen LogP contribution < -0.4 is 9.80 Å². The van der Waals surface area contributed by atoms with E-state index in [0.29, 0.717) is 6.07 Å². The number of benzene rings is 1. The first-order valence-electron chi connectivity index (χ1n) is 9.06. The number of rotatable bonds is 3. The minimum Gasteiger partial charge on any atom is -0.343 e. The van der Waals surface area contributed by atoms with Crippen LogP contribution in [0.4, 0.5) is 33.5 Å². The summed E-state index contributed by atoms with van der Waals surface area (Å²) in [7, 11) is 1.23. The summed E-state index contributed by atoms with van der Waals surface area (Å²) in [6.07, 6.45) is -4.62. The van der Waals surface area contributed by atoms with E-state index in [0.717, 1.165) is 23.1 Å². The number of carbonyl (C=O) groups is 1. The Morgan fingerprint density at radius 2 is 1.94 bits per heavy atom. The van der Waals surface area contributed by atoms with Crippen LogP contribution in [-0.4, -0.2) is 30.5 Å². The normalized spacial score (nSPS) is 18.7. The molecule has 1 aliphatic rings. The number of alkyl halides is 3. The third-order valence-corrected chi connectivity index (χ3v) is 5.30. The molecule has 31 heavy (non-hydrogen) atoms. The molecule has 1 aromatic carbocycles. The van der Waals surface area contributed by atoms with Gasteiger partial charge in [0.25, 0.3) is 0 Å². The van der Waals surface area contributed by atoms with Gasteiger partial charge in [0.15, 0.2) is 0 Å². The largest absolute Gasteiger partial charge is 0.416 e. The smallest absolute Gasteiger partial charge is 0.343 e. The Morgan fingerprint density at radius 3 is 2.55 bits per heavy atom. The van der Waals surface area contributed by atoms with E-state index < -0.39 is 46.3 Å². The van der Waals surface area contributed by atoms with Crippen LogP contribution in [-0.2, 0) is 11.0 Å². The molecule has 1 aromatic heterocycles. The average Bonchev–Trinajstić information content (AvgIpc) is 3.13. The first-order chi connectivity index (χ1) is 14.4. The van der Waals surface area contributed by atoms with Crippen molar-refractivity contribution in [2.45, 2.75) is 25.6 Å². The fourth-order valence-electron chi connectivity index (χ4n) is 3.49. The molecule has 5 nitrogen and oxygen atoms in total. The van der Waals surface area contributed by atoms with E-state index in [-0.39, 0.29) is 30.2 Å². The lowest BCUT2D eigenvalue weighted by molar-refractivity contribution is -0.137. The maximum absolute atomic E-state index is 14.2. The second-order valence-electron chi connectivity index (χ2n) is 7.20. The molecule has 2 unspecified atom stereocenters. The third kappa shape index (κ3) is 4.56. The van der Waals surface area contributed by atoms with Gasteiger partial charge in [0.05, 0.1) is 28.3 Å². The lowest BCUT2D eigenvalue weighted by Gasteiger charge is -2.29. The molecule has 164 valence electrons. The summed E-state index contributed by atoms with van der Waals surface area (Å²) < 4.78 is 67.4. The molecule has 1 amide bonds. The molecule has 0 bridgehead atoms. The van der Waals surface area contributed by atoms with Gasteiger partial charge >= 0.3 is 6.18 Å². The van der Waals surface area contributed by atoms with Gasteiger partial charge in [0.1, 0.15) is 23.5 Å². The van der Waals surface area contributed by atoms with Crippen molar-refractivity contribution in [1.82, 2.24) is 4.98 Å². The summed E-state index contributed by atoms with van der Waals surface area (Å²) in [5.74, 6) is -3.50. The molecule has 0 N–H and O–H groups in total. The Morgan fingerprint density at radius 1 is 1.26 bits per heavy atom. The number of carbonyl (C=O) groups excluding carboxylic acids is 1. The zero-order valence-electron chi connectivity index (χ0n) is 16.3. The van der Waals surface area contributed by atoms with Gasteiger partial charge in [-0.1, -0.05) is 11.6 Å². The van der Waals surface area contributed by atoms with Crippen LogP contribution >= 0.6 is 11.6 Å². The van der Waals surface area contributed by atoms with Gasteiger partial charge < -0.3 is 9.80 Å². The monoisotopic (exact) mass is 458 g/mol. The molecule has 3 rings (SSSR count). The first-order valence-corrected chi connectivity index (χ1v) is 9.44. The van der Waals surface area contributed by atoms with Crippen LogP contribution in [0.25, 0.3) is 0 Å². The predicted molar refractivity (Wildman–Crippen MR) is 104 cm³/mol. The maximum atomic E-state index is 14.2. The number of hydrogen-bond donors (Lipinski definition) is 0. The zero-order valence-corrected chi connectivity index (χ0v) is 17.1. The van der Waals surface area contributed by atoms with E-state index in [1.807, 2.05) is 6.07 Å². The highest BCUT2D eigenvalue weighted by atomic mass is 35.5. The number of hydrogen-bond acceptors (Lipinski definition) is 4. The molecule has 11 heteroatoms. The zero-order chi connectivity index (χ0) is 23.1. The first kappa shape index (κ1) is 22.7. The van der Waals surface area contributed by atoms with Crippen molar-refractivity contribution < 1.29 is 26.7 Å². The van der Waals surface area contributed by atoms with Crippen molar-refractivity contribution in [3.63, 3.8) is 0 Å². The minimum atomic E-state index is -4.62. The highest BCUT2D eigenvalue weighted by Crippen LogP contribution is 2.36. The van der Waals surface area contributed by atoms with Gasteiger partial charge in [-0.05, 0) is 31.5 Å². The molecule has 2 heterocycles. The van der Waals surface area contributed by atoms with Crippen LogP contribution in [0.5, 0.6) is 0 Å². The molecule has 0 aliphatic carbocycles. The Labute approximate surface area is 179 Å². The van der Waals surface area contributed by atoms with E-state index in [9.17, 15) is 32.0 Å². The van der Waals surface area contributed by atoms with E-state index >= 15 is 0 Å². The Hall–Kier alpha value is -2.93. The topological polar surface area (TPSA) is 60.2 Å². The van der Waals surface area contributed by atoms with Crippen molar-refractivity contribution in [2.75, 3.05) is 23.4 Å². The Balaban J connectivity index is 2.00. The van der Waals surface area contributed by atoms with E-state index in [2.05, 4.69) is 4.98 Å². The van der Waals surface area contributed by atoms with Crippen LogP contribution in [0.15, 0.2) is 24.3 Å². The highest BCUT2D eigenvalue weighted by molar-refractivity contribution is 6.31. The number of anilines is 2. The summed E-state index contributed by atoms with van der Waals surface area (Å²) in [5, 5.41) is 8.92. The summed E-state index contributed by atoms with van der Waals surface area (Å²) in [5.41, 5.74) is -1.16. The lowest BCUT2D eigenvalue weighted by Crippen LogP contribution is -2.45. The molecule has 1 saturated heterocycles. The highest BCUT2D eigenvalue weighted by Gasteiger charge is 2.41. The number of pyridine rings is 1. The van der Waals surface area contributed by atoms with Gasteiger partial charge in [-0.25, -0.2) is 13.8 Å². The summed E-state index contributed by atoms with van der Waals surface area (Å²) in [6, 6.07) is 4.09. The summed E-state index contributed by atoms with van der Waals surface area (Å²) >= 11 is 5.69. The average molecular weight is 459 g/mol. The number of aryl methyl sites for hydroxylation is 1. The number of likely N-dealkylation sites (N-methyl/N-ethyl adjacent to an activating group) is 1. The van der Waals surface area contributed by atoms with Crippen molar-refractivity contribution in [3.05, 3.63) is 52.2 Å². The van der Waals surface area contributed by atoms with Gasteiger partial charge in [-0.15, -0.1) is 0 Å². The van der Waals surface area contributed by atoms with Crippen molar-refractivity contribution in [1.29, 1.82) is 5.26 Å². The molecule has 2 aromatic rings. The van der Waals surface area contributed by atoms with Gasteiger partial charge in [0.2, 0.25) is 5.91 Å². The third-order valence-electron chi connectivity index (χ3n) is 5.01. The van der Waals surface area contributed by atoms with E-state index in [1.165, 1.54) is 18.9 Å². The van der Waals surface area contributed by atoms with Crippen molar-refractivity contribution in [2.24, 2.45) is 5.92 Å². The lowest BCUT2D eigenvalue weighted by atomic mass is 10.1. The molecule has 0 spiro atoms. The second kappa shape index (κ2) is 8.30. The van der Waals surface area contributed by atoms with Crippen molar-refractivity contribution >= 4 is 29.0 Å². The molecular formula is C20H16ClF5N4O. The molecule has 2 atom stereocenters. The number of halogens is 6. The van der Waals surface area contributed by atoms with E-state index in [1.54, 1.807) is 0 Å². The fraction of sp³-hybridized carbons (Fsp3) is 0.350. The van der Waals surface area contributed by atoms with Crippen LogP contribution in [0, 0.1) is 35.8 Å². The summed E-state index contributed by atoms with van der Waals surface area (Å²) in [6.45, 7) is 1.36. The Kier molecular flexibility index (Phi) is 6.09. The van der Waals surface area contributed by atoms with Crippen LogP contribution in [0.3, 0.4) is 0 Å². The number of aromatic nitrogens is 1.